The van der Waals surface area contributed by atoms with Gasteiger partial charge in [-0.2, -0.15) is 5.10 Å². The first-order valence-corrected chi connectivity index (χ1v) is 11.4. The highest BCUT2D eigenvalue weighted by molar-refractivity contribution is 5.44. The molecule has 1 atom stereocenters. The molecule has 0 saturated carbocycles. The van der Waals surface area contributed by atoms with Gasteiger partial charge in [0.25, 0.3) is 0 Å². The first-order chi connectivity index (χ1) is 16.0. The fraction of sp³-hybridized carbons (Fsp3) is 0.423. The number of methoxy groups -OCH3 is 2. The van der Waals surface area contributed by atoms with E-state index in [4.69, 9.17) is 19.3 Å². The minimum Gasteiger partial charge on any atom is -0.497 e. The Bertz CT molecular complexity index is 973. The lowest BCUT2D eigenvalue weighted by Crippen LogP contribution is -2.34. The quantitative estimate of drug-likeness (QED) is 0.408. The third-order valence-electron chi connectivity index (χ3n) is 5.50. The second-order valence-corrected chi connectivity index (χ2v) is 8.06. The number of aromatic nitrogens is 2. The zero-order valence-corrected chi connectivity index (χ0v) is 20.0. The van der Waals surface area contributed by atoms with E-state index in [0.717, 1.165) is 35.5 Å². The van der Waals surface area contributed by atoms with E-state index in [2.05, 4.69) is 11.8 Å². The maximum Gasteiger partial charge on any atom is 0.227 e. The first kappa shape index (κ1) is 24.8. The molecule has 0 bridgehead atoms. The first-order valence-electron chi connectivity index (χ1n) is 11.4. The van der Waals surface area contributed by atoms with Gasteiger partial charge in [-0.15, -0.1) is 0 Å². The van der Waals surface area contributed by atoms with Gasteiger partial charge in [0.1, 0.15) is 11.5 Å². The predicted octanol–water partition coefficient (Wildman–Crippen LogP) is 4.59. The molecule has 3 aromatic rings. The molecule has 1 aromatic heterocycles. The molecule has 0 unspecified atom stereocenters. The number of hydrogen-bond donors (Lipinski definition) is 1. The lowest BCUT2D eigenvalue weighted by Gasteiger charge is -2.25. The summed E-state index contributed by atoms with van der Waals surface area (Å²) in [4.78, 5) is 2.20. The highest BCUT2D eigenvalue weighted by atomic mass is 16.5. The van der Waals surface area contributed by atoms with E-state index >= 15 is 0 Å². The van der Waals surface area contributed by atoms with Crippen LogP contribution in [-0.2, 0) is 11.3 Å². The molecule has 0 saturated heterocycles. The van der Waals surface area contributed by atoms with E-state index in [9.17, 15) is 5.11 Å². The van der Waals surface area contributed by atoms with Gasteiger partial charge in [-0.25, -0.2) is 4.68 Å². The topological polar surface area (TPSA) is 69.0 Å². The molecule has 3 rings (SSSR count). The molecule has 0 aliphatic rings. The summed E-state index contributed by atoms with van der Waals surface area (Å²) in [7, 11) is 3.33. The summed E-state index contributed by atoms with van der Waals surface area (Å²) < 4.78 is 18.8. The molecular formula is C26H35N3O4. The van der Waals surface area contributed by atoms with Crippen molar-refractivity contribution in [2.24, 2.45) is 0 Å². The van der Waals surface area contributed by atoms with E-state index in [1.165, 1.54) is 0 Å². The highest BCUT2D eigenvalue weighted by Gasteiger charge is 2.22. The average molecular weight is 454 g/mol. The van der Waals surface area contributed by atoms with Crippen molar-refractivity contribution in [3.8, 4) is 23.1 Å². The number of nitrogens with zero attached hydrogens (tertiary/aromatic N) is 3. The summed E-state index contributed by atoms with van der Waals surface area (Å²) in [6.45, 7) is 6.52. The van der Waals surface area contributed by atoms with Gasteiger partial charge in [-0.1, -0.05) is 31.5 Å². The molecule has 0 fully saturated rings. The van der Waals surface area contributed by atoms with Crippen molar-refractivity contribution in [2.75, 3.05) is 33.9 Å². The molecule has 0 amide bonds. The van der Waals surface area contributed by atoms with Gasteiger partial charge in [0.15, 0.2) is 0 Å². The van der Waals surface area contributed by atoms with Crippen molar-refractivity contribution in [1.29, 1.82) is 0 Å². The second kappa shape index (κ2) is 12.4. The van der Waals surface area contributed by atoms with Crippen molar-refractivity contribution >= 4 is 0 Å². The fourth-order valence-electron chi connectivity index (χ4n) is 3.73. The zero-order chi connectivity index (χ0) is 23.6. The van der Waals surface area contributed by atoms with Crippen LogP contribution >= 0.6 is 0 Å². The van der Waals surface area contributed by atoms with Crippen molar-refractivity contribution < 1.29 is 19.3 Å². The Kier molecular flexibility index (Phi) is 9.30. The van der Waals surface area contributed by atoms with Crippen LogP contribution in [0.15, 0.2) is 54.6 Å². The molecule has 1 heterocycles. The van der Waals surface area contributed by atoms with Crippen LogP contribution in [0.1, 0.15) is 31.0 Å². The molecule has 2 aromatic carbocycles. The monoisotopic (exact) mass is 453 g/mol. The molecule has 1 N–H and O–H groups in total. The number of benzene rings is 2. The lowest BCUT2D eigenvalue weighted by atomic mass is 10.1. The van der Waals surface area contributed by atoms with E-state index in [0.29, 0.717) is 37.9 Å². The van der Waals surface area contributed by atoms with Gasteiger partial charge < -0.3 is 19.3 Å². The Hall–Kier alpha value is -2.87. The molecule has 33 heavy (non-hydrogen) atoms. The van der Waals surface area contributed by atoms with E-state index in [-0.39, 0.29) is 6.10 Å². The third-order valence-corrected chi connectivity index (χ3v) is 5.50. The molecule has 0 spiro atoms. The Morgan fingerprint density at radius 2 is 1.73 bits per heavy atom. The fourth-order valence-corrected chi connectivity index (χ4v) is 3.73. The van der Waals surface area contributed by atoms with Gasteiger partial charge in [0, 0.05) is 26.7 Å². The standard InChI is InChI=1S/C26H35N3O4/c1-5-9-22(30)18-28(16-17-31-3)19-25-20(2)27-29(21-10-7-6-8-11-21)26(25)33-24-14-12-23(32-4)13-15-24/h6-8,10-15,22,30H,5,9,16-19H2,1-4H3/t22-/m0/s1. The number of rotatable bonds is 13. The maximum absolute atomic E-state index is 10.5. The van der Waals surface area contributed by atoms with Crippen molar-refractivity contribution in [3.05, 3.63) is 65.9 Å². The summed E-state index contributed by atoms with van der Waals surface area (Å²) in [5.41, 5.74) is 2.79. The van der Waals surface area contributed by atoms with Gasteiger partial charge >= 0.3 is 0 Å². The van der Waals surface area contributed by atoms with Crippen LogP contribution in [0, 0.1) is 6.92 Å². The molecule has 0 aliphatic heterocycles. The number of aliphatic hydroxyl groups excluding tert-OH is 1. The van der Waals surface area contributed by atoms with Crippen molar-refractivity contribution in [3.63, 3.8) is 0 Å². The molecule has 0 radical (unpaired) electrons. The summed E-state index contributed by atoms with van der Waals surface area (Å²) in [6.07, 6.45) is 1.32. The summed E-state index contributed by atoms with van der Waals surface area (Å²) in [6, 6.07) is 17.5. The Morgan fingerprint density at radius 3 is 2.36 bits per heavy atom. The van der Waals surface area contributed by atoms with Crippen LogP contribution in [0.5, 0.6) is 17.4 Å². The second-order valence-electron chi connectivity index (χ2n) is 8.06. The molecule has 7 nitrogen and oxygen atoms in total. The van der Waals surface area contributed by atoms with Gasteiger partial charge in [-0.05, 0) is 49.7 Å². The minimum atomic E-state index is -0.387. The van der Waals surface area contributed by atoms with Crippen LogP contribution in [0.3, 0.4) is 0 Å². The van der Waals surface area contributed by atoms with Crippen LogP contribution < -0.4 is 9.47 Å². The van der Waals surface area contributed by atoms with Crippen molar-refractivity contribution in [2.45, 2.75) is 39.3 Å². The van der Waals surface area contributed by atoms with Gasteiger partial charge in [0.05, 0.1) is 36.8 Å². The number of hydrogen-bond acceptors (Lipinski definition) is 6. The normalized spacial score (nSPS) is 12.2. The molecule has 178 valence electrons. The largest absolute Gasteiger partial charge is 0.497 e. The maximum atomic E-state index is 10.5. The predicted molar refractivity (Wildman–Crippen MR) is 129 cm³/mol. The summed E-state index contributed by atoms with van der Waals surface area (Å²) >= 11 is 0. The minimum absolute atomic E-state index is 0.387. The molecule has 7 heteroatoms. The molecule has 0 aliphatic carbocycles. The summed E-state index contributed by atoms with van der Waals surface area (Å²) in [5, 5.41) is 15.3. The summed E-state index contributed by atoms with van der Waals surface area (Å²) in [5.74, 6) is 2.13. The number of aliphatic hydroxyl groups is 1. The van der Waals surface area contributed by atoms with Crippen LogP contribution in [0.4, 0.5) is 0 Å². The Balaban J connectivity index is 1.96. The number of aryl methyl sites for hydroxylation is 1. The van der Waals surface area contributed by atoms with E-state index in [1.807, 2.05) is 66.2 Å². The van der Waals surface area contributed by atoms with Gasteiger partial charge in [0.2, 0.25) is 5.88 Å². The average Bonchev–Trinajstić information content (AvgIpc) is 3.13. The van der Waals surface area contributed by atoms with E-state index < -0.39 is 0 Å². The number of para-hydroxylation sites is 1. The Morgan fingerprint density at radius 1 is 1.03 bits per heavy atom. The number of ether oxygens (including phenoxy) is 3. The highest BCUT2D eigenvalue weighted by Crippen LogP contribution is 2.32. The van der Waals surface area contributed by atoms with Crippen LogP contribution in [-0.4, -0.2) is 59.8 Å². The third kappa shape index (κ3) is 6.81. The smallest absolute Gasteiger partial charge is 0.227 e. The molecular weight excluding hydrogens is 418 g/mol. The van der Waals surface area contributed by atoms with Gasteiger partial charge in [-0.3, -0.25) is 4.90 Å². The van der Waals surface area contributed by atoms with Crippen molar-refractivity contribution in [1.82, 2.24) is 14.7 Å². The lowest BCUT2D eigenvalue weighted by molar-refractivity contribution is 0.0795. The Labute approximate surface area is 196 Å². The van der Waals surface area contributed by atoms with Crippen LogP contribution in [0.2, 0.25) is 0 Å². The van der Waals surface area contributed by atoms with E-state index in [1.54, 1.807) is 14.2 Å². The van der Waals surface area contributed by atoms with Crippen LogP contribution in [0.25, 0.3) is 5.69 Å². The zero-order valence-electron chi connectivity index (χ0n) is 20.0. The SMILES string of the molecule is CCC[C@H](O)CN(CCOC)Cc1c(C)nn(-c2ccccc2)c1Oc1ccc(OC)cc1.